The Hall–Kier alpha value is -0.170. The number of nitrogens with one attached hydrogen (secondary N) is 1. The molecule has 0 atom stereocenters. The van der Waals surface area contributed by atoms with Crippen LogP contribution in [0.4, 0.5) is 0 Å². The van der Waals surface area contributed by atoms with Crippen molar-refractivity contribution < 1.29 is 8.42 Å². The summed E-state index contributed by atoms with van der Waals surface area (Å²) >= 11 is 0. The fourth-order valence-electron chi connectivity index (χ4n) is 3.22. The molecule has 3 N–H and O–H groups in total. The molecule has 1 heterocycles. The summed E-state index contributed by atoms with van der Waals surface area (Å²) in [5.41, 5.74) is 6.03. The maximum atomic E-state index is 12.4. The molecule has 1 saturated carbocycles. The molecule has 1 aliphatic heterocycles. The summed E-state index contributed by atoms with van der Waals surface area (Å²) in [6.45, 7) is 1.67. The first-order valence-corrected chi connectivity index (χ1v) is 9.50. The van der Waals surface area contributed by atoms with Gasteiger partial charge in [0.25, 0.3) is 10.2 Å². The van der Waals surface area contributed by atoms with Crippen LogP contribution in [0.25, 0.3) is 0 Å². The first-order chi connectivity index (χ1) is 9.52. The van der Waals surface area contributed by atoms with Crippen LogP contribution >= 0.6 is 0 Å². The van der Waals surface area contributed by atoms with Crippen molar-refractivity contribution >= 4 is 10.2 Å². The molecule has 1 saturated heterocycles. The Morgan fingerprint density at radius 3 is 1.95 bits per heavy atom. The molecule has 2 rings (SSSR count). The first-order valence-electron chi connectivity index (χ1n) is 8.06. The van der Waals surface area contributed by atoms with Gasteiger partial charge in [-0.1, -0.05) is 38.5 Å². The van der Waals surface area contributed by atoms with Crippen LogP contribution in [0, 0.1) is 0 Å². The predicted octanol–water partition coefficient (Wildman–Crippen LogP) is 1.75. The summed E-state index contributed by atoms with van der Waals surface area (Å²) in [5.74, 6) is 0. The van der Waals surface area contributed by atoms with E-state index < -0.39 is 10.2 Å². The lowest BCUT2D eigenvalue weighted by Crippen LogP contribution is -2.52. The van der Waals surface area contributed by atoms with Crippen molar-refractivity contribution in [2.24, 2.45) is 5.73 Å². The molecule has 118 valence electrons. The molecule has 5 nitrogen and oxygen atoms in total. The predicted molar refractivity (Wildman–Crippen MR) is 81.6 cm³/mol. The molecule has 0 bridgehead atoms. The van der Waals surface area contributed by atoms with Gasteiger partial charge in [-0.3, -0.25) is 0 Å². The molecular weight excluding hydrogens is 274 g/mol. The van der Waals surface area contributed by atoms with E-state index in [9.17, 15) is 8.42 Å². The Bertz CT molecular complexity index is 381. The summed E-state index contributed by atoms with van der Waals surface area (Å²) < 4.78 is 29.1. The summed E-state index contributed by atoms with van der Waals surface area (Å²) in [6, 6.07) is 0. The van der Waals surface area contributed by atoms with E-state index in [2.05, 4.69) is 4.72 Å². The molecule has 2 fully saturated rings. The van der Waals surface area contributed by atoms with Crippen molar-refractivity contribution in [1.29, 1.82) is 0 Å². The Morgan fingerprint density at radius 1 is 0.900 bits per heavy atom. The smallest absolute Gasteiger partial charge is 0.279 e. The Balaban J connectivity index is 1.90. The summed E-state index contributed by atoms with van der Waals surface area (Å²) in [4.78, 5) is 0. The molecule has 0 radical (unpaired) electrons. The van der Waals surface area contributed by atoms with Gasteiger partial charge in [-0.2, -0.15) is 12.7 Å². The van der Waals surface area contributed by atoms with Crippen molar-refractivity contribution in [1.82, 2.24) is 9.03 Å². The van der Waals surface area contributed by atoms with Gasteiger partial charge >= 0.3 is 0 Å². The fraction of sp³-hybridized carbons (Fsp3) is 1.00. The highest BCUT2D eigenvalue weighted by Crippen LogP contribution is 2.24. The van der Waals surface area contributed by atoms with Crippen LogP contribution in [0.15, 0.2) is 0 Å². The van der Waals surface area contributed by atoms with Crippen LogP contribution in [-0.2, 0) is 10.2 Å². The normalized spacial score (nSPS) is 25.9. The van der Waals surface area contributed by atoms with Gasteiger partial charge in [-0.05, 0) is 25.7 Å². The Kier molecular flexibility index (Phi) is 5.84. The topological polar surface area (TPSA) is 75.4 Å². The molecule has 20 heavy (non-hydrogen) atoms. The minimum atomic E-state index is -3.35. The third kappa shape index (κ3) is 4.69. The highest BCUT2D eigenvalue weighted by Gasteiger charge is 2.30. The second-order valence-corrected chi connectivity index (χ2v) is 8.17. The Labute approximate surface area is 123 Å². The second-order valence-electron chi connectivity index (χ2n) is 6.42. The molecule has 1 aliphatic carbocycles. The molecule has 6 heteroatoms. The SMILES string of the molecule is NC1(CNS(=O)(=O)N2CCCCCC2)CCCCCC1. The maximum absolute atomic E-state index is 12.4. The number of nitrogens with two attached hydrogens (primary N) is 1. The highest BCUT2D eigenvalue weighted by atomic mass is 32.2. The molecule has 0 aromatic carbocycles. The summed E-state index contributed by atoms with van der Waals surface area (Å²) in [5, 5.41) is 0. The van der Waals surface area contributed by atoms with Crippen molar-refractivity contribution in [3.8, 4) is 0 Å². The van der Waals surface area contributed by atoms with E-state index in [-0.39, 0.29) is 5.54 Å². The summed E-state index contributed by atoms with van der Waals surface area (Å²) in [6.07, 6.45) is 10.7. The standard InChI is InChI=1S/C14H29N3O2S/c15-14(9-5-1-2-6-10-14)13-16-20(18,19)17-11-7-3-4-8-12-17/h16H,1-13,15H2. The van der Waals surface area contributed by atoms with E-state index in [0.29, 0.717) is 19.6 Å². The minimum absolute atomic E-state index is 0.352. The van der Waals surface area contributed by atoms with Gasteiger partial charge in [-0.25, -0.2) is 4.72 Å². The minimum Gasteiger partial charge on any atom is -0.324 e. The number of rotatable bonds is 4. The van der Waals surface area contributed by atoms with E-state index in [1.165, 1.54) is 12.8 Å². The molecule has 0 aromatic heterocycles. The van der Waals surface area contributed by atoms with E-state index in [1.54, 1.807) is 4.31 Å². The van der Waals surface area contributed by atoms with E-state index in [0.717, 1.165) is 51.4 Å². The van der Waals surface area contributed by atoms with Crippen molar-refractivity contribution in [3.05, 3.63) is 0 Å². The second kappa shape index (κ2) is 7.20. The molecule has 2 aliphatic rings. The third-order valence-corrected chi connectivity index (χ3v) is 6.17. The molecule has 0 aromatic rings. The summed E-state index contributed by atoms with van der Waals surface area (Å²) in [7, 11) is -3.35. The van der Waals surface area contributed by atoms with Crippen LogP contribution in [0.5, 0.6) is 0 Å². The molecule has 0 unspecified atom stereocenters. The fourth-order valence-corrected chi connectivity index (χ4v) is 4.61. The van der Waals surface area contributed by atoms with Gasteiger partial charge in [0.05, 0.1) is 0 Å². The first kappa shape index (κ1) is 16.2. The highest BCUT2D eigenvalue weighted by molar-refractivity contribution is 7.87. The zero-order chi connectivity index (χ0) is 14.5. The van der Waals surface area contributed by atoms with Gasteiger partial charge in [0.15, 0.2) is 0 Å². The Morgan fingerprint density at radius 2 is 1.40 bits per heavy atom. The van der Waals surface area contributed by atoms with Gasteiger partial charge < -0.3 is 5.73 Å². The molecular formula is C14H29N3O2S. The van der Waals surface area contributed by atoms with Crippen LogP contribution in [0.2, 0.25) is 0 Å². The van der Waals surface area contributed by atoms with Crippen LogP contribution in [-0.4, -0.2) is 37.9 Å². The van der Waals surface area contributed by atoms with Gasteiger partial charge in [0, 0.05) is 25.2 Å². The maximum Gasteiger partial charge on any atom is 0.279 e. The van der Waals surface area contributed by atoms with Crippen molar-refractivity contribution in [2.45, 2.75) is 69.7 Å². The third-order valence-electron chi connectivity index (χ3n) is 4.61. The number of hydrogen-bond acceptors (Lipinski definition) is 3. The van der Waals surface area contributed by atoms with Gasteiger partial charge in [0.1, 0.15) is 0 Å². The lowest BCUT2D eigenvalue weighted by molar-refractivity contribution is 0.356. The monoisotopic (exact) mass is 303 g/mol. The lowest BCUT2D eigenvalue weighted by Gasteiger charge is -2.30. The lowest BCUT2D eigenvalue weighted by atomic mass is 9.92. The average molecular weight is 303 g/mol. The average Bonchev–Trinajstić information content (AvgIpc) is 2.80. The van der Waals surface area contributed by atoms with Crippen LogP contribution in [0.1, 0.15) is 64.2 Å². The molecule has 0 spiro atoms. The van der Waals surface area contributed by atoms with Crippen molar-refractivity contribution in [2.75, 3.05) is 19.6 Å². The number of nitrogens with zero attached hydrogens (tertiary/aromatic N) is 1. The number of hydrogen-bond donors (Lipinski definition) is 2. The van der Waals surface area contributed by atoms with Crippen molar-refractivity contribution in [3.63, 3.8) is 0 Å². The van der Waals surface area contributed by atoms with Crippen LogP contribution < -0.4 is 10.5 Å². The quantitative estimate of drug-likeness (QED) is 0.777. The van der Waals surface area contributed by atoms with E-state index in [1.807, 2.05) is 0 Å². The zero-order valence-electron chi connectivity index (χ0n) is 12.4. The van der Waals surface area contributed by atoms with Crippen LogP contribution in [0.3, 0.4) is 0 Å². The largest absolute Gasteiger partial charge is 0.324 e. The van der Waals surface area contributed by atoms with E-state index in [4.69, 9.17) is 5.73 Å². The van der Waals surface area contributed by atoms with Gasteiger partial charge in [-0.15, -0.1) is 0 Å². The van der Waals surface area contributed by atoms with E-state index >= 15 is 0 Å². The zero-order valence-corrected chi connectivity index (χ0v) is 13.3. The van der Waals surface area contributed by atoms with Gasteiger partial charge in [0.2, 0.25) is 0 Å². The molecule has 0 amide bonds.